The van der Waals surface area contributed by atoms with Crippen molar-refractivity contribution in [1.29, 1.82) is 0 Å². The van der Waals surface area contributed by atoms with Crippen LogP contribution in [0.2, 0.25) is 5.02 Å². The number of nitrogens with one attached hydrogen (secondary N) is 1. The van der Waals surface area contributed by atoms with Crippen molar-refractivity contribution in [2.24, 2.45) is 0 Å². The maximum absolute atomic E-state index is 12.0. The molecule has 0 saturated carbocycles. The number of aryl methyl sites for hydroxylation is 1. The summed E-state index contributed by atoms with van der Waals surface area (Å²) in [5.41, 5.74) is 1.68. The summed E-state index contributed by atoms with van der Waals surface area (Å²) in [5.74, 6) is -0.344. The third-order valence-electron chi connectivity index (χ3n) is 3.04. The summed E-state index contributed by atoms with van der Waals surface area (Å²) in [6.45, 7) is 2.82. The first-order chi connectivity index (χ1) is 9.92. The Kier molecular flexibility index (Phi) is 7.19. The third-order valence-corrected chi connectivity index (χ3v) is 3.27. The van der Waals surface area contributed by atoms with Crippen LogP contribution in [0.25, 0.3) is 0 Å². The van der Waals surface area contributed by atoms with Crippen molar-refractivity contribution >= 4 is 29.2 Å². The lowest BCUT2D eigenvalue weighted by atomic mass is 10.2. The Hall–Kier alpha value is -1.59. The number of benzene rings is 1. The molecule has 0 radical (unpaired) electrons. The van der Waals surface area contributed by atoms with Crippen LogP contribution < -0.4 is 5.32 Å². The van der Waals surface area contributed by atoms with Gasteiger partial charge < -0.3 is 10.1 Å². The van der Waals surface area contributed by atoms with Crippen LogP contribution >= 0.6 is 11.6 Å². The average Bonchev–Trinajstić information content (AvgIpc) is 2.42. The zero-order chi connectivity index (χ0) is 15.8. The molecule has 5 nitrogen and oxygen atoms in total. The van der Waals surface area contributed by atoms with Crippen LogP contribution in [0.15, 0.2) is 18.2 Å². The largest absolute Gasteiger partial charge is 0.469 e. The zero-order valence-corrected chi connectivity index (χ0v) is 13.4. The summed E-state index contributed by atoms with van der Waals surface area (Å²) in [5, 5.41) is 3.42. The first-order valence-corrected chi connectivity index (χ1v) is 7.11. The molecule has 0 atom stereocenters. The lowest BCUT2D eigenvalue weighted by Gasteiger charge is -2.16. The number of nitrogens with zero attached hydrogens (tertiary/aromatic N) is 1. The molecule has 1 amide bonds. The molecule has 21 heavy (non-hydrogen) atoms. The summed E-state index contributed by atoms with van der Waals surface area (Å²) >= 11 is 5.91. The van der Waals surface area contributed by atoms with Crippen LogP contribution in [-0.4, -0.2) is 44.0 Å². The number of rotatable bonds is 7. The Labute approximate surface area is 130 Å². The summed E-state index contributed by atoms with van der Waals surface area (Å²) in [6.07, 6.45) is 1.02. The number of carbonyl (C=O) groups is 2. The van der Waals surface area contributed by atoms with Crippen molar-refractivity contribution in [3.8, 4) is 0 Å². The van der Waals surface area contributed by atoms with Gasteiger partial charge in [0.25, 0.3) is 0 Å². The number of methoxy groups -OCH3 is 1. The number of likely N-dealkylation sites (N-methyl/N-ethyl adjacent to an activating group) is 1. The molecule has 6 heteroatoms. The van der Waals surface area contributed by atoms with E-state index in [9.17, 15) is 9.59 Å². The lowest BCUT2D eigenvalue weighted by molar-refractivity contribution is -0.140. The molecule has 1 rings (SSSR count). The smallest absolute Gasteiger partial charge is 0.305 e. The Morgan fingerprint density at radius 1 is 1.38 bits per heavy atom. The molecular weight excluding hydrogens is 292 g/mol. The minimum absolute atomic E-state index is 0.110. The molecule has 0 unspecified atom stereocenters. The predicted molar refractivity (Wildman–Crippen MR) is 83.6 cm³/mol. The summed E-state index contributed by atoms with van der Waals surface area (Å²) < 4.78 is 4.57. The minimum Gasteiger partial charge on any atom is -0.469 e. The fourth-order valence-corrected chi connectivity index (χ4v) is 2.01. The highest BCUT2D eigenvalue weighted by atomic mass is 35.5. The number of esters is 1. The summed E-state index contributed by atoms with van der Waals surface area (Å²) in [4.78, 5) is 24.8. The number of hydrogen-bond donors (Lipinski definition) is 1. The van der Waals surface area contributed by atoms with Crippen LogP contribution in [0.3, 0.4) is 0 Å². The molecule has 0 fully saturated rings. The van der Waals surface area contributed by atoms with Gasteiger partial charge in [-0.1, -0.05) is 17.7 Å². The molecule has 0 aromatic heterocycles. The average molecular weight is 313 g/mol. The van der Waals surface area contributed by atoms with E-state index in [-0.39, 0.29) is 18.4 Å². The zero-order valence-electron chi connectivity index (χ0n) is 12.6. The van der Waals surface area contributed by atoms with E-state index >= 15 is 0 Å². The van der Waals surface area contributed by atoms with Crippen LogP contribution in [-0.2, 0) is 14.3 Å². The Bertz CT molecular complexity index is 506. The van der Waals surface area contributed by atoms with Gasteiger partial charge in [-0.3, -0.25) is 14.5 Å². The first-order valence-electron chi connectivity index (χ1n) is 6.73. The highest BCUT2D eigenvalue weighted by Crippen LogP contribution is 2.19. The van der Waals surface area contributed by atoms with E-state index in [1.165, 1.54) is 7.11 Å². The van der Waals surface area contributed by atoms with Crippen molar-refractivity contribution in [3.05, 3.63) is 28.8 Å². The number of anilines is 1. The molecule has 0 aliphatic heterocycles. The van der Waals surface area contributed by atoms with Gasteiger partial charge in [0.2, 0.25) is 5.91 Å². The molecule has 0 aliphatic rings. The van der Waals surface area contributed by atoms with Gasteiger partial charge in [0.05, 0.1) is 13.7 Å². The molecule has 0 aliphatic carbocycles. The van der Waals surface area contributed by atoms with Crippen molar-refractivity contribution in [2.45, 2.75) is 19.8 Å². The molecule has 0 spiro atoms. The Balaban J connectivity index is 2.39. The SMILES string of the molecule is COC(=O)CCCN(C)CC(=O)Nc1cc(Cl)ccc1C. The normalized spacial score (nSPS) is 10.5. The molecule has 116 valence electrons. The van der Waals surface area contributed by atoms with Gasteiger partial charge in [0.15, 0.2) is 0 Å². The Morgan fingerprint density at radius 3 is 2.76 bits per heavy atom. The maximum Gasteiger partial charge on any atom is 0.305 e. The third kappa shape index (κ3) is 6.60. The van der Waals surface area contributed by atoms with Gasteiger partial charge in [0.1, 0.15) is 0 Å². The topological polar surface area (TPSA) is 58.6 Å². The van der Waals surface area contributed by atoms with Crippen LogP contribution in [0.4, 0.5) is 5.69 Å². The summed E-state index contributed by atoms with van der Waals surface area (Å²) in [6, 6.07) is 5.37. The van der Waals surface area contributed by atoms with Gasteiger partial charge in [-0.15, -0.1) is 0 Å². The van der Waals surface area contributed by atoms with E-state index in [0.717, 1.165) is 11.3 Å². The number of ether oxygens (including phenoxy) is 1. The standard InChI is InChI=1S/C15H21ClN2O3/c1-11-6-7-12(16)9-13(11)17-14(19)10-18(2)8-4-5-15(20)21-3/h6-7,9H,4-5,8,10H2,1-3H3,(H,17,19). The van der Waals surface area contributed by atoms with Crippen molar-refractivity contribution in [2.75, 3.05) is 32.6 Å². The Morgan fingerprint density at radius 2 is 2.10 bits per heavy atom. The second-order valence-corrected chi connectivity index (χ2v) is 5.36. The number of hydrogen-bond acceptors (Lipinski definition) is 4. The second kappa shape index (κ2) is 8.64. The van der Waals surface area contributed by atoms with E-state index in [0.29, 0.717) is 24.4 Å². The van der Waals surface area contributed by atoms with Crippen molar-refractivity contribution in [3.63, 3.8) is 0 Å². The number of halogens is 1. The van der Waals surface area contributed by atoms with Gasteiger partial charge in [0, 0.05) is 17.1 Å². The van der Waals surface area contributed by atoms with Crippen LogP contribution in [0, 0.1) is 6.92 Å². The van der Waals surface area contributed by atoms with E-state index < -0.39 is 0 Å². The molecule has 1 aromatic carbocycles. The molecule has 0 saturated heterocycles. The number of amides is 1. The van der Waals surface area contributed by atoms with E-state index in [4.69, 9.17) is 11.6 Å². The van der Waals surface area contributed by atoms with Gasteiger partial charge in [-0.25, -0.2) is 0 Å². The van der Waals surface area contributed by atoms with Crippen LogP contribution in [0.1, 0.15) is 18.4 Å². The molecule has 1 N–H and O–H groups in total. The van der Waals surface area contributed by atoms with Gasteiger partial charge >= 0.3 is 5.97 Å². The molecule has 1 aromatic rings. The monoisotopic (exact) mass is 312 g/mol. The van der Waals surface area contributed by atoms with E-state index in [1.807, 2.05) is 24.9 Å². The predicted octanol–water partition coefficient (Wildman–Crippen LogP) is 2.47. The van der Waals surface area contributed by atoms with Gasteiger partial charge in [-0.2, -0.15) is 0 Å². The van der Waals surface area contributed by atoms with Crippen LogP contribution in [0.5, 0.6) is 0 Å². The van der Waals surface area contributed by atoms with Crippen molar-refractivity contribution in [1.82, 2.24) is 4.90 Å². The highest BCUT2D eigenvalue weighted by Gasteiger charge is 2.09. The highest BCUT2D eigenvalue weighted by molar-refractivity contribution is 6.31. The fraction of sp³-hybridized carbons (Fsp3) is 0.467. The molecular formula is C15H21ClN2O3. The van der Waals surface area contributed by atoms with E-state index in [1.54, 1.807) is 12.1 Å². The summed E-state index contributed by atoms with van der Waals surface area (Å²) in [7, 11) is 3.20. The minimum atomic E-state index is -0.234. The van der Waals surface area contributed by atoms with Gasteiger partial charge in [-0.05, 0) is 44.6 Å². The van der Waals surface area contributed by atoms with Crippen molar-refractivity contribution < 1.29 is 14.3 Å². The molecule has 0 bridgehead atoms. The second-order valence-electron chi connectivity index (χ2n) is 4.92. The first kappa shape index (κ1) is 17.5. The molecule has 0 heterocycles. The lowest BCUT2D eigenvalue weighted by Crippen LogP contribution is -2.31. The fourth-order valence-electron chi connectivity index (χ4n) is 1.84. The van der Waals surface area contributed by atoms with E-state index in [2.05, 4.69) is 10.1 Å². The maximum atomic E-state index is 12.0. The number of carbonyl (C=O) groups excluding carboxylic acids is 2. The quantitative estimate of drug-likeness (QED) is 0.786.